The Bertz CT molecular complexity index is 1250. The Labute approximate surface area is 188 Å². The van der Waals surface area contributed by atoms with Crippen LogP contribution in [0.5, 0.6) is 5.75 Å². The Kier molecular flexibility index (Phi) is 6.05. The van der Waals surface area contributed by atoms with Gasteiger partial charge in [0.25, 0.3) is 5.91 Å². The first-order chi connectivity index (χ1) is 15.7. The van der Waals surface area contributed by atoms with E-state index in [0.717, 1.165) is 12.1 Å². The topological polar surface area (TPSA) is 54.8 Å². The lowest BCUT2D eigenvalue weighted by atomic mass is 10.1. The average molecular weight is 459 g/mol. The van der Waals surface area contributed by atoms with E-state index in [1.807, 2.05) is 11.8 Å². The number of rotatable bonds is 4. The second-order valence-electron chi connectivity index (χ2n) is 7.92. The second-order valence-corrected chi connectivity index (χ2v) is 7.92. The Morgan fingerprint density at radius 1 is 1.06 bits per heavy atom. The van der Waals surface area contributed by atoms with Crippen molar-refractivity contribution < 1.29 is 22.7 Å². The number of alkyl halides is 3. The van der Waals surface area contributed by atoms with Crippen LogP contribution in [0.25, 0.3) is 10.9 Å². The van der Waals surface area contributed by atoms with Gasteiger partial charge in [-0.25, -0.2) is 0 Å². The predicted molar refractivity (Wildman–Crippen MR) is 120 cm³/mol. The first kappa shape index (κ1) is 22.7. The van der Waals surface area contributed by atoms with E-state index in [1.54, 1.807) is 40.8 Å². The zero-order chi connectivity index (χ0) is 23.8. The van der Waals surface area contributed by atoms with E-state index in [9.17, 15) is 22.8 Å². The van der Waals surface area contributed by atoms with Gasteiger partial charge >= 0.3 is 6.18 Å². The summed E-state index contributed by atoms with van der Waals surface area (Å²) in [5.41, 5.74) is 0.141. The molecule has 0 radical (unpaired) electrons. The molecule has 0 unspecified atom stereocenters. The van der Waals surface area contributed by atoms with Crippen LogP contribution < -0.4 is 15.1 Å². The number of piperazine rings is 1. The number of pyridine rings is 1. The van der Waals surface area contributed by atoms with Gasteiger partial charge in [-0.2, -0.15) is 13.2 Å². The molecule has 1 fully saturated rings. The number of carbonyl (C=O) groups is 1. The SMILES string of the molecule is CCOc1ccc2c(c1)c(=O)c(C(=O)N1CCN(c3cccc(C(F)(F)F)c3)CC1)cn2C. The molecule has 4 rings (SSSR count). The molecule has 2 aromatic carbocycles. The number of fused-ring (bicyclic) bond motifs is 1. The molecule has 9 heteroatoms. The molecule has 1 aliphatic heterocycles. The van der Waals surface area contributed by atoms with Crippen molar-refractivity contribution in [3.8, 4) is 5.75 Å². The summed E-state index contributed by atoms with van der Waals surface area (Å²) in [4.78, 5) is 29.7. The number of halogens is 3. The summed E-state index contributed by atoms with van der Waals surface area (Å²) in [5, 5.41) is 0.400. The number of hydrogen-bond acceptors (Lipinski definition) is 4. The number of carbonyl (C=O) groups excluding carboxylic acids is 1. The molecule has 0 bridgehead atoms. The first-order valence-electron chi connectivity index (χ1n) is 10.7. The van der Waals surface area contributed by atoms with Gasteiger partial charge in [0.15, 0.2) is 0 Å². The van der Waals surface area contributed by atoms with Crippen LogP contribution in [0.3, 0.4) is 0 Å². The lowest BCUT2D eigenvalue weighted by Crippen LogP contribution is -2.49. The number of benzene rings is 2. The van der Waals surface area contributed by atoms with Crippen LogP contribution >= 0.6 is 0 Å². The first-order valence-corrected chi connectivity index (χ1v) is 10.7. The maximum Gasteiger partial charge on any atom is 0.416 e. The van der Waals surface area contributed by atoms with Crippen molar-refractivity contribution in [3.05, 3.63) is 70.0 Å². The van der Waals surface area contributed by atoms with Gasteiger partial charge < -0.3 is 19.1 Å². The largest absolute Gasteiger partial charge is 0.494 e. The van der Waals surface area contributed by atoms with Crippen LogP contribution in [-0.4, -0.2) is 48.2 Å². The van der Waals surface area contributed by atoms with Crippen LogP contribution in [0.1, 0.15) is 22.8 Å². The fourth-order valence-corrected chi connectivity index (χ4v) is 4.10. The molecule has 6 nitrogen and oxygen atoms in total. The van der Waals surface area contributed by atoms with Crippen LogP contribution in [0.2, 0.25) is 0 Å². The highest BCUT2D eigenvalue weighted by Crippen LogP contribution is 2.32. The summed E-state index contributed by atoms with van der Waals surface area (Å²) in [5.74, 6) is 0.171. The van der Waals surface area contributed by atoms with Crippen molar-refractivity contribution in [3.63, 3.8) is 0 Å². The highest BCUT2D eigenvalue weighted by atomic mass is 19.4. The summed E-state index contributed by atoms with van der Waals surface area (Å²) in [7, 11) is 1.77. The molecule has 1 amide bonds. The molecule has 33 heavy (non-hydrogen) atoms. The second kappa shape index (κ2) is 8.80. The van der Waals surface area contributed by atoms with E-state index in [-0.39, 0.29) is 16.9 Å². The Balaban J connectivity index is 1.54. The van der Waals surface area contributed by atoms with E-state index >= 15 is 0 Å². The summed E-state index contributed by atoms with van der Waals surface area (Å²) >= 11 is 0. The number of aromatic nitrogens is 1. The molecule has 2 heterocycles. The van der Waals surface area contributed by atoms with Crippen molar-refractivity contribution in [2.45, 2.75) is 13.1 Å². The lowest BCUT2D eigenvalue weighted by Gasteiger charge is -2.36. The Hall–Kier alpha value is -3.49. The highest BCUT2D eigenvalue weighted by molar-refractivity contribution is 5.97. The maximum atomic E-state index is 13.2. The molecule has 1 aliphatic rings. The summed E-state index contributed by atoms with van der Waals surface area (Å²) in [6.07, 6.45) is -2.88. The van der Waals surface area contributed by atoms with Gasteiger partial charge in [0.1, 0.15) is 11.3 Å². The Morgan fingerprint density at radius 3 is 2.45 bits per heavy atom. The fraction of sp³-hybridized carbons (Fsp3) is 0.333. The third kappa shape index (κ3) is 4.53. The molecule has 174 valence electrons. The van der Waals surface area contributed by atoms with Crippen LogP contribution in [0, 0.1) is 0 Å². The van der Waals surface area contributed by atoms with Crippen molar-refractivity contribution in [2.24, 2.45) is 7.05 Å². The fourth-order valence-electron chi connectivity index (χ4n) is 4.10. The summed E-state index contributed by atoms with van der Waals surface area (Å²) < 4.78 is 46.3. The van der Waals surface area contributed by atoms with Gasteiger partial charge in [0, 0.05) is 45.1 Å². The quantitative estimate of drug-likeness (QED) is 0.594. The van der Waals surface area contributed by atoms with Crippen molar-refractivity contribution in [1.82, 2.24) is 9.47 Å². The number of anilines is 1. The number of ether oxygens (including phenoxy) is 1. The monoisotopic (exact) mass is 459 g/mol. The zero-order valence-corrected chi connectivity index (χ0v) is 18.4. The number of nitrogens with zero attached hydrogens (tertiary/aromatic N) is 3. The van der Waals surface area contributed by atoms with Gasteiger partial charge in [-0.3, -0.25) is 9.59 Å². The molecule has 3 aromatic rings. The summed E-state index contributed by atoms with van der Waals surface area (Å²) in [6.45, 7) is 3.65. The van der Waals surface area contributed by atoms with E-state index in [2.05, 4.69) is 0 Å². The lowest BCUT2D eigenvalue weighted by molar-refractivity contribution is -0.137. The van der Waals surface area contributed by atoms with E-state index in [1.165, 1.54) is 12.3 Å². The van der Waals surface area contributed by atoms with Gasteiger partial charge in [-0.05, 0) is 43.3 Å². The Morgan fingerprint density at radius 2 is 1.79 bits per heavy atom. The van der Waals surface area contributed by atoms with E-state index in [4.69, 9.17) is 4.74 Å². The van der Waals surface area contributed by atoms with Gasteiger partial charge in [0.2, 0.25) is 5.43 Å². The highest BCUT2D eigenvalue weighted by Gasteiger charge is 2.31. The summed E-state index contributed by atoms with van der Waals surface area (Å²) in [6, 6.07) is 10.4. The maximum absolute atomic E-state index is 13.2. The number of aryl methyl sites for hydroxylation is 1. The molecular formula is C24H24F3N3O3. The van der Waals surface area contributed by atoms with Crippen molar-refractivity contribution >= 4 is 22.5 Å². The molecule has 0 aliphatic carbocycles. The smallest absolute Gasteiger partial charge is 0.416 e. The van der Waals surface area contributed by atoms with Crippen molar-refractivity contribution in [1.29, 1.82) is 0 Å². The molecule has 0 saturated carbocycles. The van der Waals surface area contributed by atoms with Gasteiger partial charge in [0.05, 0.1) is 23.1 Å². The standard InChI is InChI=1S/C24H24F3N3O3/c1-3-33-18-7-8-21-19(14-18)22(31)20(15-28(21)2)23(32)30-11-9-29(10-12-30)17-6-4-5-16(13-17)24(25,26)27/h4-8,13-15H,3,9-12H2,1-2H3. The van der Waals surface area contributed by atoms with E-state index in [0.29, 0.717) is 55.1 Å². The zero-order valence-electron chi connectivity index (χ0n) is 18.4. The molecular weight excluding hydrogens is 435 g/mol. The molecule has 1 aromatic heterocycles. The van der Waals surface area contributed by atoms with Crippen LogP contribution in [0.4, 0.5) is 18.9 Å². The average Bonchev–Trinajstić information content (AvgIpc) is 2.81. The molecule has 0 spiro atoms. The normalized spacial score (nSPS) is 14.6. The van der Waals surface area contributed by atoms with Crippen LogP contribution in [0.15, 0.2) is 53.5 Å². The molecule has 1 saturated heterocycles. The minimum Gasteiger partial charge on any atom is -0.494 e. The number of hydrogen-bond donors (Lipinski definition) is 0. The minimum atomic E-state index is -4.41. The third-order valence-corrected chi connectivity index (χ3v) is 5.81. The molecule has 0 atom stereocenters. The van der Waals surface area contributed by atoms with Gasteiger partial charge in [-0.15, -0.1) is 0 Å². The van der Waals surface area contributed by atoms with Crippen molar-refractivity contribution in [2.75, 3.05) is 37.7 Å². The van der Waals surface area contributed by atoms with E-state index < -0.39 is 11.7 Å². The number of amides is 1. The predicted octanol–water partition coefficient (Wildman–Crippen LogP) is 3.92. The van der Waals surface area contributed by atoms with Crippen LogP contribution in [-0.2, 0) is 13.2 Å². The van der Waals surface area contributed by atoms with Gasteiger partial charge in [-0.1, -0.05) is 6.07 Å². The third-order valence-electron chi connectivity index (χ3n) is 5.81. The minimum absolute atomic E-state index is 0.0613. The molecule has 0 N–H and O–H groups in total.